The van der Waals surface area contributed by atoms with Crippen LogP contribution in [0.25, 0.3) is 16.5 Å². The number of hydrogen-bond donors (Lipinski definition) is 1. The third-order valence-electron chi connectivity index (χ3n) is 4.98. The number of hydrogen-bond acceptors (Lipinski definition) is 7. The summed E-state index contributed by atoms with van der Waals surface area (Å²) in [5.74, 6) is -1.59. The summed E-state index contributed by atoms with van der Waals surface area (Å²) in [6.45, 7) is 1.36. The van der Waals surface area contributed by atoms with Gasteiger partial charge in [-0.15, -0.1) is 0 Å². The average Bonchev–Trinajstić information content (AvgIpc) is 2.85. The number of carbonyl (C=O) groups excluding carboxylic acids is 2. The number of esters is 1. The van der Waals surface area contributed by atoms with Crippen molar-refractivity contribution >= 4 is 34.0 Å². The molecule has 34 heavy (non-hydrogen) atoms. The Hall–Kier alpha value is -4.86. The largest absolute Gasteiger partial charge is 0.448 e. The number of para-hydroxylation sites is 1. The second-order valence-corrected chi connectivity index (χ2v) is 7.29. The minimum atomic E-state index is -1.25. The number of rotatable bonds is 6. The summed E-state index contributed by atoms with van der Waals surface area (Å²) in [4.78, 5) is 48.8. The average molecular weight is 458 g/mol. The van der Waals surface area contributed by atoms with Gasteiger partial charge in [-0.3, -0.25) is 19.7 Å². The summed E-state index contributed by atoms with van der Waals surface area (Å²) in [5.41, 5.74) is -0.0859. The first-order valence-electron chi connectivity index (χ1n) is 10.2. The maximum absolute atomic E-state index is 13.0. The summed E-state index contributed by atoms with van der Waals surface area (Å²) < 4.78 is 6.43. The first-order chi connectivity index (χ1) is 16.3. The van der Waals surface area contributed by atoms with Crippen LogP contribution in [0.3, 0.4) is 0 Å². The zero-order valence-corrected chi connectivity index (χ0v) is 17.9. The molecule has 0 fully saturated rings. The number of carbonyl (C=O) groups is 2. The first kappa shape index (κ1) is 22.3. The van der Waals surface area contributed by atoms with E-state index in [4.69, 9.17) is 4.74 Å². The molecule has 170 valence electrons. The number of fused-ring (bicyclic) bond motifs is 1. The van der Waals surface area contributed by atoms with E-state index in [1.165, 1.54) is 31.2 Å². The third kappa shape index (κ3) is 4.51. The van der Waals surface area contributed by atoms with E-state index < -0.39 is 28.5 Å². The topological polar surface area (TPSA) is 133 Å². The standard InChI is InChI=1S/C24H18N4O6/c1-15(22(29)25-16-8-7-11-18(14-16)28(32)33)34-24(31)21-19-12-5-6-13-20(19)23(30)27(26-21)17-9-3-2-4-10-17/h2-15H,1H3,(H,25,29). The number of nitrogens with zero attached hydrogens (tertiary/aromatic N) is 3. The molecule has 1 heterocycles. The van der Waals surface area contributed by atoms with Crippen LogP contribution in [0.1, 0.15) is 17.4 Å². The number of aromatic nitrogens is 2. The van der Waals surface area contributed by atoms with Crippen molar-refractivity contribution in [2.45, 2.75) is 13.0 Å². The highest BCUT2D eigenvalue weighted by atomic mass is 16.6. The van der Waals surface area contributed by atoms with Crippen LogP contribution < -0.4 is 10.9 Å². The summed E-state index contributed by atoms with van der Waals surface area (Å²) in [7, 11) is 0. The molecule has 0 aliphatic carbocycles. The van der Waals surface area contributed by atoms with Crippen molar-refractivity contribution in [3.05, 3.63) is 105 Å². The lowest BCUT2D eigenvalue weighted by atomic mass is 10.1. The molecule has 0 aliphatic rings. The number of amides is 1. The number of benzene rings is 3. The highest BCUT2D eigenvalue weighted by Gasteiger charge is 2.24. The quantitative estimate of drug-likeness (QED) is 0.266. The Morgan fingerprint density at radius 1 is 1.00 bits per heavy atom. The highest BCUT2D eigenvalue weighted by Crippen LogP contribution is 2.19. The van der Waals surface area contributed by atoms with E-state index in [0.29, 0.717) is 5.69 Å². The number of anilines is 1. The van der Waals surface area contributed by atoms with Gasteiger partial charge in [0.15, 0.2) is 11.8 Å². The van der Waals surface area contributed by atoms with Crippen molar-refractivity contribution < 1.29 is 19.2 Å². The van der Waals surface area contributed by atoms with Crippen molar-refractivity contribution in [3.8, 4) is 5.69 Å². The lowest BCUT2D eigenvalue weighted by Gasteiger charge is -2.15. The molecule has 4 aromatic rings. The molecule has 0 radical (unpaired) electrons. The molecular weight excluding hydrogens is 440 g/mol. The predicted molar refractivity (Wildman–Crippen MR) is 124 cm³/mol. The van der Waals surface area contributed by atoms with E-state index >= 15 is 0 Å². The maximum Gasteiger partial charge on any atom is 0.360 e. The van der Waals surface area contributed by atoms with Gasteiger partial charge in [-0.05, 0) is 31.2 Å². The predicted octanol–water partition coefficient (Wildman–Crippen LogP) is 3.48. The van der Waals surface area contributed by atoms with Crippen molar-refractivity contribution in [1.29, 1.82) is 0 Å². The van der Waals surface area contributed by atoms with Crippen molar-refractivity contribution in [2.75, 3.05) is 5.32 Å². The fraction of sp³-hybridized carbons (Fsp3) is 0.0833. The normalized spacial score (nSPS) is 11.6. The van der Waals surface area contributed by atoms with Crippen LogP contribution in [0.4, 0.5) is 11.4 Å². The van der Waals surface area contributed by atoms with Crippen LogP contribution in [-0.4, -0.2) is 32.7 Å². The molecule has 10 heteroatoms. The second kappa shape index (κ2) is 9.33. The van der Waals surface area contributed by atoms with Gasteiger partial charge in [0.25, 0.3) is 17.2 Å². The SMILES string of the molecule is CC(OC(=O)c1nn(-c2ccccc2)c(=O)c2ccccc12)C(=O)Nc1cccc([N+](=O)[O-])c1. The number of nitrogens with one attached hydrogen (secondary N) is 1. The molecule has 1 N–H and O–H groups in total. The van der Waals surface area contributed by atoms with Gasteiger partial charge < -0.3 is 10.1 Å². The van der Waals surface area contributed by atoms with Crippen LogP contribution in [0.15, 0.2) is 83.7 Å². The Morgan fingerprint density at radius 3 is 2.38 bits per heavy atom. The van der Waals surface area contributed by atoms with Crippen molar-refractivity contribution in [3.63, 3.8) is 0 Å². The molecule has 4 rings (SSSR count). The molecule has 0 spiro atoms. The summed E-state index contributed by atoms with van der Waals surface area (Å²) in [5, 5.41) is 18.2. The Morgan fingerprint density at radius 2 is 1.68 bits per heavy atom. The number of ether oxygens (including phenoxy) is 1. The Kier molecular flexibility index (Phi) is 6.13. The molecule has 0 aliphatic heterocycles. The van der Waals surface area contributed by atoms with Crippen LogP contribution in [0, 0.1) is 10.1 Å². The zero-order chi connectivity index (χ0) is 24.2. The molecule has 3 aromatic carbocycles. The molecule has 0 saturated carbocycles. The van der Waals surface area contributed by atoms with Crippen LogP contribution in [-0.2, 0) is 9.53 Å². The van der Waals surface area contributed by atoms with Gasteiger partial charge in [0, 0.05) is 23.2 Å². The Balaban J connectivity index is 1.62. The zero-order valence-electron chi connectivity index (χ0n) is 17.9. The van der Waals surface area contributed by atoms with E-state index in [0.717, 1.165) is 4.68 Å². The first-order valence-corrected chi connectivity index (χ1v) is 10.2. The fourth-order valence-electron chi connectivity index (χ4n) is 3.30. The van der Waals surface area contributed by atoms with Crippen LogP contribution >= 0.6 is 0 Å². The maximum atomic E-state index is 13.0. The molecule has 1 aromatic heterocycles. The summed E-state index contributed by atoms with van der Waals surface area (Å²) >= 11 is 0. The molecule has 0 saturated heterocycles. The summed E-state index contributed by atoms with van der Waals surface area (Å²) in [6, 6.07) is 20.5. The molecule has 10 nitrogen and oxygen atoms in total. The molecule has 1 unspecified atom stereocenters. The minimum Gasteiger partial charge on any atom is -0.448 e. The van der Waals surface area contributed by atoms with E-state index in [1.54, 1.807) is 54.6 Å². The minimum absolute atomic E-state index is 0.131. The third-order valence-corrected chi connectivity index (χ3v) is 4.98. The van der Waals surface area contributed by atoms with E-state index in [1.807, 2.05) is 0 Å². The number of nitro benzene ring substituents is 1. The van der Waals surface area contributed by atoms with E-state index in [9.17, 15) is 24.5 Å². The van der Waals surface area contributed by atoms with Gasteiger partial charge >= 0.3 is 5.97 Å². The monoisotopic (exact) mass is 458 g/mol. The smallest absolute Gasteiger partial charge is 0.360 e. The van der Waals surface area contributed by atoms with E-state index in [-0.39, 0.29) is 27.8 Å². The molecule has 1 atom stereocenters. The highest BCUT2D eigenvalue weighted by molar-refractivity contribution is 6.03. The van der Waals surface area contributed by atoms with Crippen LogP contribution in [0.2, 0.25) is 0 Å². The molecule has 0 bridgehead atoms. The van der Waals surface area contributed by atoms with Crippen LogP contribution in [0.5, 0.6) is 0 Å². The second-order valence-electron chi connectivity index (χ2n) is 7.29. The van der Waals surface area contributed by atoms with Gasteiger partial charge in [0.2, 0.25) is 0 Å². The van der Waals surface area contributed by atoms with Gasteiger partial charge in [0.05, 0.1) is 16.0 Å². The lowest BCUT2D eigenvalue weighted by molar-refractivity contribution is -0.384. The van der Waals surface area contributed by atoms with Gasteiger partial charge in [-0.1, -0.05) is 42.5 Å². The number of nitro groups is 1. The Labute approximate surface area is 192 Å². The molecule has 1 amide bonds. The van der Waals surface area contributed by atoms with Gasteiger partial charge in [-0.2, -0.15) is 9.78 Å². The fourth-order valence-corrected chi connectivity index (χ4v) is 3.30. The number of non-ortho nitro benzene ring substituents is 1. The summed E-state index contributed by atoms with van der Waals surface area (Å²) in [6.07, 6.45) is -1.25. The lowest BCUT2D eigenvalue weighted by Crippen LogP contribution is -2.31. The molecular formula is C24H18N4O6. The van der Waals surface area contributed by atoms with Gasteiger partial charge in [0.1, 0.15) is 0 Å². The van der Waals surface area contributed by atoms with Crippen molar-refractivity contribution in [1.82, 2.24) is 9.78 Å². The van der Waals surface area contributed by atoms with E-state index in [2.05, 4.69) is 10.4 Å². The van der Waals surface area contributed by atoms with Crippen molar-refractivity contribution in [2.24, 2.45) is 0 Å². The van der Waals surface area contributed by atoms with Gasteiger partial charge in [-0.25, -0.2) is 4.79 Å². The Bertz CT molecular complexity index is 1470.